The highest BCUT2D eigenvalue weighted by Crippen LogP contribution is 2.21. The molecule has 0 aliphatic carbocycles. The molecule has 0 radical (unpaired) electrons. The first-order chi connectivity index (χ1) is 9.61. The van der Waals surface area contributed by atoms with Crippen LogP contribution >= 0.6 is 0 Å². The number of piperidine rings is 1. The average molecular weight is 275 g/mol. The van der Waals surface area contributed by atoms with Crippen LogP contribution in [-0.2, 0) is 4.79 Å². The molecule has 1 saturated heterocycles. The lowest BCUT2D eigenvalue weighted by Crippen LogP contribution is -2.44. The number of phenols is 1. The number of hydrogen-bond donors (Lipinski definition) is 2. The maximum atomic E-state index is 12.2. The van der Waals surface area contributed by atoms with Crippen LogP contribution in [0.3, 0.4) is 0 Å². The lowest BCUT2D eigenvalue weighted by molar-refractivity contribution is -0.130. The molecular weight excluding hydrogens is 254 g/mol. The molecule has 2 N–H and O–H groups in total. The molecule has 20 heavy (non-hydrogen) atoms. The second-order valence-electron chi connectivity index (χ2n) is 5.26. The van der Waals surface area contributed by atoms with E-state index in [1.807, 2.05) is 13.0 Å². The number of aliphatic hydroxyl groups excluding tert-OH is 1. The molecule has 0 spiro atoms. The van der Waals surface area contributed by atoms with Crippen molar-refractivity contribution in [3.05, 3.63) is 35.4 Å². The van der Waals surface area contributed by atoms with Crippen molar-refractivity contribution in [3.8, 4) is 5.75 Å². The van der Waals surface area contributed by atoms with Gasteiger partial charge >= 0.3 is 0 Å². The molecule has 1 heterocycles. The van der Waals surface area contributed by atoms with Gasteiger partial charge in [-0.1, -0.05) is 12.1 Å². The average Bonchev–Trinajstić information content (AvgIpc) is 2.46. The molecular formula is C16H21NO3. The SMILES string of the molecule is Cc1ccc(/C=C/C(=O)N2CCCCC2CO)c(O)c1. The summed E-state index contributed by atoms with van der Waals surface area (Å²) in [5.41, 5.74) is 1.60. The summed E-state index contributed by atoms with van der Waals surface area (Å²) >= 11 is 0. The second kappa shape index (κ2) is 6.57. The number of likely N-dealkylation sites (tertiary alicyclic amines) is 1. The predicted octanol–water partition coefficient (Wildman–Crippen LogP) is 2.09. The number of carbonyl (C=O) groups is 1. The Morgan fingerprint density at radius 2 is 2.25 bits per heavy atom. The molecule has 1 aromatic rings. The summed E-state index contributed by atoms with van der Waals surface area (Å²) in [5, 5.41) is 19.1. The zero-order valence-corrected chi connectivity index (χ0v) is 11.7. The summed E-state index contributed by atoms with van der Waals surface area (Å²) in [7, 11) is 0. The largest absolute Gasteiger partial charge is 0.507 e. The standard InChI is InChI=1S/C16H21NO3/c1-12-5-6-13(15(19)10-12)7-8-16(20)17-9-3-2-4-14(17)11-18/h5-8,10,14,18-19H,2-4,9,11H2,1H3/b8-7+. The Labute approximate surface area is 119 Å². The fraction of sp³-hybridized carbons (Fsp3) is 0.438. The number of aliphatic hydroxyl groups is 1. The van der Waals surface area contributed by atoms with E-state index in [1.165, 1.54) is 6.08 Å². The number of aryl methyl sites for hydroxylation is 1. The highest BCUT2D eigenvalue weighted by Gasteiger charge is 2.24. The van der Waals surface area contributed by atoms with E-state index >= 15 is 0 Å². The number of nitrogens with zero attached hydrogens (tertiary/aromatic N) is 1. The number of phenolic OH excluding ortho intramolecular Hbond substituents is 1. The van der Waals surface area contributed by atoms with Crippen LogP contribution in [-0.4, -0.2) is 40.2 Å². The first kappa shape index (κ1) is 14.6. The zero-order chi connectivity index (χ0) is 14.5. The maximum absolute atomic E-state index is 12.2. The summed E-state index contributed by atoms with van der Waals surface area (Å²) in [4.78, 5) is 13.9. The van der Waals surface area contributed by atoms with Crippen molar-refractivity contribution in [1.29, 1.82) is 0 Å². The van der Waals surface area contributed by atoms with Gasteiger partial charge in [-0.3, -0.25) is 4.79 Å². The van der Waals surface area contributed by atoms with E-state index in [2.05, 4.69) is 0 Å². The van der Waals surface area contributed by atoms with Gasteiger partial charge in [-0.15, -0.1) is 0 Å². The Kier molecular flexibility index (Phi) is 4.79. The quantitative estimate of drug-likeness (QED) is 0.830. The molecule has 4 nitrogen and oxygen atoms in total. The monoisotopic (exact) mass is 275 g/mol. The smallest absolute Gasteiger partial charge is 0.246 e. The van der Waals surface area contributed by atoms with Gasteiger partial charge in [0.25, 0.3) is 0 Å². The topological polar surface area (TPSA) is 60.8 Å². The first-order valence-electron chi connectivity index (χ1n) is 7.01. The predicted molar refractivity (Wildman–Crippen MR) is 78.3 cm³/mol. The molecule has 1 unspecified atom stereocenters. The molecule has 1 atom stereocenters. The van der Waals surface area contributed by atoms with Crippen molar-refractivity contribution in [2.24, 2.45) is 0 Å². The van der Waals surface area contributed by atoms with Crippen LogP contribution in [0.2, 0.25) is 0 Å². The van der Waals surface area contributed by atoms with Gasteiger partial charge in [-0.05, 0) is 43.9 Å². The summed E-state index contributed by atoms with van der Waals surface area (Å²) < 4.78 is 0. The normalized spacial score (nSPS) is 19.5. The lowest BCUT2D eigenvalue weighted by Gasteiger charge is -2.33. The summed E-state index contributed by atoms with van der Waals surface area (Å²) in [6, 6.07) is 5.27. The number of rotatable bonds is 3. The van der Waals surface area contributed by atoms with E-state index in [4.69, 9.17) is 0 Å². The summed E-state index contributed by atoms with van der Waals surface area (Å²) in [5.74, 6) is 0.0649. The Morgan fingerprint density at radius 1 is 1.45 bits per heavy atom. The van der Waals surface area contributed by atoms with Crippen molar-refractivity contribution < 1.29 is 15.0 Å². The van der Waals surface area contributed by atoms with Crippen molar-refractivity contribution in [2.45, 2.75) is 32.2 Å². The van der Waals surface area contributed by atoms with Gasteiger partial charge in [-0.2, -0.15) is 0 Å². The van der Waals surface area contributed by atoms with Gasteiger partial charge in [0.05, 0.1) is 12.6 Å². The molecule has 1 aliphatic heterocycles. The van der Waals surface area contributed by atoms with E-state index in [0.717, 1.165) is 24.8 Å². The summed E-state index contributed by atoms with van der Waals surface area (Å²) in [6.07, 6.45) is 5.98. The third kappa shape index (κ3) is 3.39. The third-order valence-corrected chi connectivity index (χ3v) is 3.71. The number of amides is 1. The minimum absolute atomic E-state index is 0.00929. The highest BCUT2D eigenvalue weighted by atomic mass is 16.3. The molecule has 1 amide bonds. The molecule has 1 aliphatic rings. The van der Waals surface area contributed by atoms with E-state index in [-0.39, 0.29) is 24.3 Å². The number of carbonyl (C=O) groups excluding carboxylic acids is 1. The minimum Gasteiger partial charge on any atom is -0.507 e. The number of benzene rings is 1. The van der Waals surface area contributed by atoms with Gasteiger partial charge in [0.2, 0.25) is 5.91 Å². The Morgan fingerprint density at radius 3 is 2.95 bits per heavy atom. The van der Waals surface area contributed by atoms with Crippen molar-refractivity contribution in [3.63, 3.8) is 0 Å². The molecule has 2 rings (SSSR count). The van der Waals surface area contributed by atoms with Crippen molar-refractivity contribution in [1.82, 2.24) is 4.90 Å². The Balaban J connectivity index is 2.08. The van der Waals surface area contributed by atoms with E-state index in [1.54, 1.807) is 23.1 Å². The molecule has 108 valence electrons. The van der Waals surface area contributed by atoms with Gasteiger partial charge in [0.1, 0.15) is 5.75 Å². The second-order valence-corrected chi connectivity index (χ2v) is 5.26. The van der Waals surface area contributed by atoms with E-state index < -0.39 is 0 Å². The van der Waals surface area contributed by atoms with Crippen LogP contribution in [0.25, 0.3) is 6.08 Å². The molecule has 0 saturated carbocycles. The first-order valence-corrected chi connectivity index (χ1v) is 7.01. The third-order valence-electron chi connectivity index (χ3n) is 3.71. The molecule has 4 heteroatoms. The van der Waals surface area contributed by atoms with E-state index in [9.17, 15) is 15.0 Å². The Bertz CT molecular complexity index is 510. The van der Waals surface area contributed by atoms with Crippen molar-refractivity contribution in [2.75, 3.05) is 13.2 Å². The van der Waals surface area contributed by atoms with Crippen LogP contribution in [0.15, 0.2) is 24.3 Å². The lowest BCUT2D eigenvalue weighted by atomic mass is 10.0. The maximum Gasteiger partial charge on any atom is 0.246 e. The van der Waals surface area contributed by atoms with Crippen LogP contribution < -0.4 is 0 Å². The number of aromatic hydroxyl groups is 1. The molecule has 0 bridgehead atoms. The molecule has 1 aromatic carbocycles. The molecule has 1 fully saturated rings. The fourth-order valence-corrected chi connectivity index (χ4v) is 2.53. The fourth-order valence-electron chi connectivity index (χ4n) is 2.53. The highest BCUT2D eigenvalue weighted by molar-refractivity contribution is 5.92. The summed E-state index contributed by atoms with van der Waals surface area (Å²) in [6.45, 7) is 2.60. The minimum atomic E-state index is -0.108. The van der Waals surface area contributed by atoms with Crippen LogP contribution in [0.1, 0.15) is 30.4 Å². The van der Waals surface area contributed by atoms with Crippen molar-refractivity contribution >= 4 is 12.0 Å². The van der Waals surface area contributed by atoms with E-state index in [0.29, 0.717) is 12.1 Å². The van der Waals surface area contributed by atoms with Gasteiger partial charge in [-0.25, -0.2) is 0 Å². The van der Waals surface area contributed by atoms with Crippen LogP contribution in [0, 0.1) is 6.92 Å². The van der Waals surface area contributed by atoms with Crippen LogP contribution in [0.5, 0.6) is 5.75 Å². The molecule has 0 aromatic heterocycles. The van der Waals surface area contributed by atoms with Gasteiger partial charge in [0.15, 0.2) is 0 Å². The number of hydrogen-bond acceptors (Lipinski definition) is 3. The van der Waals surface area contributed by atoms with Crippen LogP contribution in [0.4, 0.5) is 0 Å². The Hall–Kier alpha value is -1.81. The van der Waals surface area contributed by atoms with Gasteiger partial charge in [0, 0.05) is 18.2 Å². The van der Waals surface area contributed by atoms with Gasteiger partial charge < -0.3 is 15.1 Å². The zero-order valence-electron chi connectivity index (χ0n) is 11.7.